The predicted molar refractivity (Wildman–Crippen MR) is 77.8 cm³/mol. The summed E-state index contributed by atoms with van der Waals surface area (Å²) in [7, 11) is 0. The molecule has 0 fully saturated rings. The van der Waals surface area contributed by atoms with Gasteiger partial charge in [-0.25, -0.2) is 9.97 Å². The number of benzene rings is 1. The zero-order chi connectivity index (χ0) is 13.6. The number of anilines is 1. The van der Waals surface area contributed by atoms with Crippen LogP contribution in [0, 0.1) is 13.8 Å². The summed E-state index contributed by atoms with van der Waals surface area (Å²) < 4.78 is 1.77. The Morgan fingerprint density at radius 1 is 1.16 bits per heavy atom. The van der Waals surface area contributed by atoms with Crippen molar-refractivity contribution >= 4 is 28.7 Å². The van der Waals surface area contributed by atoms with Gasteiger partial charge in [0.25, 0.3) is 0 Å². The van der Waals surface area contributed by atoms with Crippen LogP contribution in [0.15, 0.2) is 30.5 Å². The molecule has 0 amide bonds. The van der Waals surface area contributed by atoms with Gasteiger partial charge < -0.3 is 5.73 Å². The minimum Gasteiger partial charge on any atom is -0.369 e. The molecule has 0 saturated heterocycles. The number of imidazole rings is 1. The number of pyridine rings is 1. The van der Waals surface area contributed by atoms with Crippen LogP contribution in [0.2, 0.25) is 5.02 Å². The van der Waals surface area contributed by atoms with E-state index < -0.39 is 0 Å². The largest absolute Gasteiger partial charge is 0.369 e. The van der Waals surface area contributed by atoms with Crippen molar-refractivity contribution in [3.8, 4) is 5.69 Å². The molecule has 19 heavy (non-hydrogen) atoms. The van der Waals surface area contributed by atoms with Gasteiger partial charge in [0.05, 0.1) is 10.7 Å². The molecule has 2 aromatic heterocycles. The summed E-state index contributed by atoms with van der Waals surface area (Å²) >= 11 is 6.29. The lowest BCUT2D eigenvalue weighted by molar-refractivity contribution is 1.08. The highest BCUT2D eigenvalue weighted by molar-refractivity contribution is 6.32. The third-order valence-corrected chi connectivity index (χ3v) is 3.31. The number of rotatable bonds is 1. The van der Waals surface area contributed by atoms with Gasteiger partial charge in [-0.1, -0.05) is 17.7 Å². The van der Waals surface area contributed by atoms with Crippen molar-refractivity contribution in [3.05, 3.63) is 46.6 Å². The first-order chi connectivity index (χ1) is 9.06. The first-order valence-corrected chi connectivity index (χ1v) is 6.31. The number of aromatic nitrogens is 3. The normalized spacial score (nSPS) is 11.1. The predicted octanol–water partition coefficient (Wildman–Crippen LogP) is 3.27. The number of fused-ring (bicyclic) bond motifs is 1. The third kappa shape index (κ3) is 1.94. The molecule has 3 aromatic rings. The van der Waals surface area contributed by atoms with E-state index in [-0.39, 0.29) is 0 Å². The molecule has 0 unspecified atom stereocenters. The summed E-state index contributed by atoms with van der Waals surface area (Å²) in [5.41, 5.74) is 10.4. The summed E-state index contributed by atoms with van der Waals surface area (Å²) in [5.74, 6) is 0.388. The highest BCUT2D eigenvalue weighted by Crippen LogP contribution is 2.27. The number of aryl methyl sites for hydroxylation is 2. The van der Waals surface area contributed by atoms with E-state index in [4.69, 9.17) is 17.3 Å². The highest BCUT2D eigenvalue weighted by atomic mass is 35.5. The summed E-state index contributed by atoms with van der Waals surface area (Å²) in [5, 5.41) is 0.633. The maximum atomic E-state index is 6.29. The van der Waals surface area contributed by atoms with Crippen LogP contribution in [0.3, 0.4) is 0 Å². The standard InChI is InChI=1S/C14H13ClN4/c1-8-3-4-12(10(15)5-8)19-13-11(18-14(19)16)6-9(2)7-17-13/h3-7H,1-2H3,(H2,16,18). The second kappa shape index (κ2) is 4.24. The Bertz CT molecular complexity index is 776. The van der Waals surface area contributed by atoms with Crippen molar-refractivity contribution in [2.24, 2.45) is 0 Å². The molecular weight excluding hydrogens is 260 g/mol. The Morgan fingerprint density at radius 3 is 2.68 bits per heavy atom. The Morgan fingerprint density at radius 2 is 1.95 bits per heavy atom. The lowest BCUT2D eigenvalue weighted by atomic mass is 10.2. The molecule has 0 saturated carbocycles. The van der Waals surface area contributed by atoms with E-state index in [0.717, 1.165) is 22.3 Å². The molecule has 5 heteroatoms. The summed E-state index contributed by atoms with van der Waals surface area (Å²) in [4.78, 5) is 8.74. The van der Waals surface area contributed by atoms with E-state index >= 15 is 0 Å². The Hall–Kier alpha value is -2.07. The Labute approximate surface area is 115 Å². The second-order valence-corrected chi connectivity index (χ2v) is 5.02. The molecular formula is C14H13ClN4. The molecule has 3 rings (SSSR count). The third-order valence-electron chi connectivity index (χ3n) is 3.00. The van der Waals surface area contributed by atoms with Crippen LogP contribution in [-0.4, -0.2) is 14.5 Å². The molecule has 0 spiro atoms. The SMILES string of the molecule is Cc1ccc(-n2c(N)nc3cc(C)cnc32)c(Cl)c1. The fraction of sp³-hybridized carbons (Fsp3) is 0.143. The summed E-state index contributed by atoms with van der Waals surface area (Å²) in [6, 6.07) is 7.77. The summed E-state index contributed by atoms with van der Waals surface area (Å²) in [6.07, 6.45) is 1.79. The van der Waals surface area contributed by atoms with Gasteiger partial charge in [0, 0.05) is 6.20 Å². The van der Waals surface area contributed by atoms with E-state index in [9.17, 15) is 0 Å². The lowest BCUT2D eigenvalue weighted by Crippen LogP contribution is -2.02. The van der Waals surface area contributed by atoms with E-state index in [2.05, 4.69) is 9.97 Å². The molecule has 0 atom stereocenters. The average Bonchev–Trinajstić information content (AvgIpc) is 2.65. The molecule has 0 aliphatic heterocycles. The van der Waals surface area contributed by atoms with Crippen molar-refractivity contribution in [2.75, 3.05) is 5.73 Å². The minimum atomic E-state index is 0.388. The Balaban J connectivity index is 2.33. The maximum absolute atomic E-state index is 6.29. The molecule has 0 radical (unpaired) electrons. The van der Waals surface area contributed by atoms with Gasteiger partial charge in [-0.3, -0.25) is 4.57 Å². The minimum absolute atomic E-state index is 0.388. The average molecular weight is 273 g/mol. The van der Waals surface area contributed by atoms with Crippen molar-refractivity contribution < 1.29 is 0 Å². The number of halogens is 1. The quantitative estimate of drug-likeness (QED) is 0.740. The number of nitrogens with two attached hydrogens (primary N) is 1. The van der Waals surface area contributed by atoms with Crippen LogP contribution in [0.25, 0.3) is 16.9 Å². The summed E-state index contributed by atoms with van der Waals surface area (Å²) in [6.45, 7) is 3.97. The van der Waals surface area contributed by atoms with E-state index in [0.29, 0.717) is 16.6 Å². The molecule has 2 N–H and O–H groups in total. The topological polar surface area (TPSA) is 56.7 Å². The van der Waals surface area contributed by atoms with Gasteiger partial charge in [-0.2, -0.15) is 0 Å². The fourth-order valence-electron chi connectivity index (χ4n) is 2.11. The monoisotopic (exact) mass is 272 g/mol. The van der Waals surface area contributed by atoms with Crippen LogP contribution in [0.1, 0.15) is 11.1 Å². The molecule has 2 heterocycles. The van der Waals surface area contributed by atoms with Gasteiger partial charge >= 0.3 is 0 Å². The van der Waals surface area contributed by atoms with Crippen molar-refractivity contribution in [2.45, 2.75) is 13.8 Å². The van der Waals surface area contributed by atoms with Crippen LogP contribution < -0.4 is 5.73 Å². The number of nitrogen functional groups attached to an aromatic ring is 1. The van der Waals surface area contributed by atoms with Gasteiger partial charge in [0.1, 0.15) is 5.52 Å². The van der Waals surface area contributed by atoms with E-state index in [1.807, 2.05) is 38.1 Å². The number of hydrogen-bond acceptors (Lipinski definition) is 3. The molecule has 0 aliphatic rings. The highest BCUT2D eigenvalue weighted by Gasteiger charge is 2.13. The Kier molecular flexibility index (Phi) is 2.68. The van der Waals surface area contributed by atoms with Crippen LogP contribution in [0.4, 0.5) is 5.95 Å². The first kappa shape index (κ1) is 12.0. The smallest absolute Gasteiger partial charge is 0.207 e. The van der Waals surface area contributed by atoms with Crippen molar-refractivity contribution in [1.29, 1.82) is 0 Å². The van der Waals surface area contributed by atoms with Crippen LogP contribution >= 0.6 is 11.6 Å². The van der Waals surface area contributed by atoms with Gasteiger partial charge in [-0.15, -0.1) is 0 Å². The van der Waals surface area contributed by atoms with Gasteiger partial charge in [0.15, 0.2) is 5.65 Å². The zero-order valence-electron chi connectivity index (χ0n) is 10.7. The molecule has 1 aromatic carbocycles. The van der Waals surface area contributed by atoms with Gasteiger partial charge in [-0.05, 0) is 43.2 Å². The van der Waals surface area contributed by atoms with Crippen molar-refractivity contribution in [1.82, 2.24) is 14.5 Å². The second-order valence-electron chi connectivity index (χ2n) is 4.62. The van der Waals surface area contributed by atoms with Crippen LogP contribution in [0.5, 0.6) is 0 Å². The van der Waals surface area contributed by atoms with E-state index in [1.54, 1.807) is 10.8 Å². The zero-order valence-corrected chi connectivity index (χ0v) is 11.4. The molecule has 4 nitrogen and oxygen atoms in total. The van der Waals surface area contributed by atoms with E-state index in [1.165, 1.54) is 0 Å². The lowest BCUT2D eigenvalue weighted by Gasteiger charge is -2.08. The molecule has 0 aliphatic carbocycles. The molecule has 96 valence electrons. The van der Waals surface area contributed by atoms with Crippen LogP contribution in [-0.2, 0) is 0 Å². The first-order valence-electron chi connectivity index (χ1n) is 5.93. The molecule has 0 bridgehead atoms. The number of hydrogen-bond donors (Lipinski definition) is 1. The van der Waals surface area contributed by atoms with Crippen molar-refractivity contribution in [3.63, 3.8) is 0 Å². The number of nitrogens with zero attached hydrogens (tertiary/aromatic N) is 3. The fourth-order valence-corrected chi connectivity index (χ4v) is 2.43. The maximum Gasteiger partial charge on any atom is 0.207 e. The van der Waals surface area contributed by atoms with Gasteiger partial charge in [0.2, 0.25) is 5.95 Å².